The van der Waals surface area contributed by atoms with Gasteiger partial charge in [-0.3, -0.25) is 20.6 Å². The van der Waals surface area contributed by atoms with Crippen LogP contribution in [0.25, 0.3) is 21.5 Å². The summed E-state index contributed by atoms with van der Waals surface area (Å²) in [5, 5.41) is 15.7. The molecule has 9 nitrogen and oxygen atoms in total. The van der Waals surface area contributed by atoms with E-state index in [0.29, 0.717) is 12.4 Å². The van der Waals surface area contributed by atoms with Crippen molar-refractivity contribution in [2.24, 2.45) is 0 Å². The minimum absolute atomic E-state index is 0.677. The molecule has 4 aromatic rings. The number of hydrogen-bond donors (Lipinski definition) is 4. The van der Waals surface area contributed by atoms with E-state index in [-0.39, 0.29) is 0 Å². The number of thiophene rings is 1. The number of H-pyrrole nitrogens is 2. The van der Waals surface area contributed by atoms with Gasteiger partial charge in [-0.15, -0.1) is 16.9 Å². The standard InChI is InChI=1S/C13H11N9S/c1-8(23-11-5-17-19-9(1)11)6-22-13-12(20-21-22)14-4-10(18-13)7-2-15-16-3-7/h1-5,21H,6H2,(H,14,20)(H,15,16)(H,17,19). The van der Waals surface area contributed by atoms with Crippen LogP contribution >= 0.6 is 11.3 Å². The molecule has 10 heteroatoms. The molecule has 114 valence electrons. The SMILES string of the molecule is c1n[nH]cc1-c1cnc2c(n1)N(Cc1cc3[nH]ncc3s1)NN2. The first-order valence-corrected chi connectivity index (χ1v) is 7.76. The Hall–Kier alpha value is -2.98. The van der Waals surface area contributed by atoms with E-state index in [0.717, 1.165) is 27.3 Å². The molecule has 0 aromatic carbocycles. The van der Waals surface area contributed by atoms with Crippen LogP contribution in [0.5, 0.6) is 0 Å². The molecular formula is C13H11N9S. The Balaban J connectivity index is 1.48. The van der Waals surface area contributed by atoms with Crippen molar-refractivity contribution in [1.29, 1.82) is 0 Å². The molecule has 0 atom stereocenters. The van der Waals surface area contributed by atoms with Crippen LogP contribution in [0.2, 0.25) is 0 Å². The third-order valence-electron chi connectivity index (χ3n) is 3.61. The van der Waals surface area contributed by atoms with Crippen LogP contribution in [-0.2, 0) is 6.54 Å². The van der Waals surface area contributed by atoms with Gasteiger partial charge in [-0.05, 0) is 6.07 Å². The average molecular weight is 325 g/mol. The van der Waals surface area contributed by atoms with Crippen molar-refractivity contribution in [3.8, 4) is 11.3 Å². The summed E-state index contributed by atoms with van der Waals surface area (Å²) in [6, 6.07) is 2.10. The third-order valence-corrected chi connectivity index (χ3v) is 4.66. The van der Waals surface area contributed by atoms with Gasteiger partial charge < -0.3 is 0 Å². The number of fused-ring (bicyclic) bond motifs is 2. The van der Waals surface area contributed by atoms with E-state index in [1.165, 1.54) is 4.88 Å². The number of rotatable bonds is 3. The summed E-state index contributed by atoms with van der Waals surface area (Å²) in [5.74, 6) is 1.47. The zero-order valence-electron chi connectivity index (χ0n) is 11.7. The predicted octanol–water partition coefficient (Wildman–Crippen LogP) is 1.66. The fraction of sp³-hybridized carbons (Fsp3) is 0.0769. The minimum atomic E-state index is 0.677. The van der Waals surface area contributed by atoms with Crippen molar-refractivity contribution in [2.45, 2.75) is 6.54 Å². The molecule has 0 saturated heterocycles. The van der Waals surface area contributed by atoms with E-state index in [1.807, 2.05) is 11.2 Å². The zero-order chi connectivity index (χ0) is 15.2. The minimum Gasteiger partial charge on any atom is -0.285 e. The average Bonchev–Trinajstić information content (AvgIpc) is 3.31. The van der Waals surface area contributed by atoms with E-state index < -0.39 is 0 Å². The molecule has 0 saturated carbocycles. The van der Waals surface area contributed by atoms with Gasteiger partial charge in [0.2, 0.25) is 0 Å². The maximum absolute atomic E-state index is 4.68. The van der Waals surface area contributed by atoms with Gasteiger partial charge in [0, 0.05) is 16.6 Å². The lowest BCUT2D eigenvalue weighted by Crippen LogP contribution is -2.35. The fourth-order valence-electron chi connectivity index (χ4n) is 2.51. The van der Waals surface area contributed by atoms with Gasteiger partial charge in [0.05, 0.1) is 41.0 Å². The summed E-state index contributed by atoms with van der Waals surface area (Å²) in [5.41, 5.74) is 8.86. The van der Waals surface area contributed by atoms with Crippen LogP contribution in [0.1, 0.15) is 4.88 Å². The summed E-state index contributed by atoms with van der Waals surface area (Å²) < 4.78 is 1.14. The number of nitrogens with zero attached hydrogens (tertiary/aromatic N) is 5. The molecule has 0 unspecified atom stereocenters. The van der Waals surface area contributed by atoms with E-state index in [1.54, 1.807) is 29.9 Å². The highest BCUT2D eigenvalue weighted by atomic mass is 32.1. The largest absolute Gasteiger partial charge is 0.285 e. The number of aromatic nitrogens is 6. The van der Waals surface area contributed by atoms with Gasteiger partial charge >= 0.3 is 0 Å². The highest BCUT2D eigenvalue weighted by molar-refractivity contribution is 7.19. The van der Waals surface area contributed by atoms with Crippen LogP contribution < -0.4 is 16.0 Å². The number of hydrazine groups is 2. The molecule has 0 aliphatic carbocycles. The van der Waals surface area contributed by atoms with E-state index in [4.69, 9.17) is 0 Å². The predicted molar refractivity (Wildman–Crippen MR) is 86.5 cm³/mol. The second-order valence-electron chi connectivity index (χ2n) is 5.10. The Morgan fingerprint density at radius 2 is 2.17 bits per heavy atom. The monoisotopic (exact) mass is 325 g/mol. The maximum atomic E-state index is 4.68. The molecule has 0 radical (unpaired) electrons. The van der Waals surface area contributed by atoms with Crippen molar-refractivity contribution in [3.05, 3.63) is 35.7 Å². The lowest BCUT2D eigenvalue weighted by molar-refractivity contribution is 0.723. The second kappa shape index (κ2) is 4.76. The van der Waals surface area contributed by atoms with Crippen LogP contribution in [0, 0.1) is 0 Å². The fourth-order valence-corrected chi connectivity index (χ4v) is 3.48. The molecule has 0 bridgehead atoms. The number of anilines is 2. The Morgan fingerprint density at radius 1 is 1.17 bits per heavy atom. The van der Waals surface area contributed by atoms with Gasteiger partial charge in [0.1, 0.15) is 0 Å². The van der Waals surface area contributed by atoms with Gasteiger partial charge in [-0.2, -0.15) is 10.2 Å². The third kappa shape index (κ3) is 2.04. The van der Waals surface area contributed by atoms with E-state index in [9.17, 15) is 0 Å². The Morgan fingerprint density at radius 3 is 3.04 bits per heavy atom. The summed E-state index contributed by atoms with van der Waals surface area (Å²) in [6.45, 7) is 0.677. The van der Waals surface area contributed by atoms with Crippen LogP contribution in [0.4, 0.5) is 11.6 Å². The zero-order valence-corrected chi connectivity index (χ0v) is 12.6. The Kier molecular flexibility index (Phi) is 2.60. The summed E-state index contributed by atoms with van der Waals surface area (Å²) >= 11 is 1.70. The molecule has 0 amide bonds. The lowest BCUT2D eigenvalue weighted by Gasteiger charge is -2.15. The molecule has 1 aliphatic rings. The highest BCUT2D eigenvalue weighted by Gasteiger charge is 2.23. The van der Waals surface area contributed by atoms with Crippen molar-refractivity contribution >= 4 is 33.2 Å². The van der Waals surface area contributed by atoms with Crippen LogP contribution in [-0.4, -0.2) is 30.4 Å². The molecular weight excluding hydrogens is 314 g/mol. The van der Waals surface area contributed by atoms with Gasteiger partial charge in [0.15, 0.2) is 11.6 Å². The van der Waals surface area contributed by atoms with Crippen LogP contribution in [0.3, 0.4) is 0 Å². The molecule has 4 aromatic heterocycles. The maximum Gasteiger partial charge on any atom is 0.190 e. The van der Waals surface area contributed by atoms with Crippen molar-refractivity contribution < 1.29 is 0 Å². The topological polar surface area (TPSA) is 110 Å². The van der Waals surface area contributed by atoms with E-state index in [2.05, 4.69) is 47.4 Å². The molecule has 0 spiro atoms. The summed E-state index contributed by atoms with van der Waals surface area (Å²) in [6.07, 6.45) is 7.09. The Labute approximate surface area is 133 Å². The molecule has 5 rings (SSSR count). The first-order valence-electron chi connectivity index (χ1n) is 6.94. The smallest absolute Gasteiger partial charge is 0.190 e. The molecule has 23 heavy (non-hydrogen) atoms. The van der Waals surface area contributed by atoms with Crippen molar-refractivity contribution in [2.75, 3.05) is 10.4 Å². The summed E-state index contributed by atoms with van der Waals surface area (Å²) in [4.78, 5) is 10.3. The quantitative estimate of drug-likeness (QED) is 0.453. The summed E-state index contributed by atoms with van der Waals surface area (Å²) in [7, 11) is 0. The number of hydrogen-bond acceptors (Lipinski definition) is 8. The highest BCUT2D eigenvalue weighted by Crippen LogP contribution is 2.31. The van der Waals surface area contributed by atoms with Gasteiger partial charge in [0.25, 0.3) is 0 Å². The van der Waals surface area contributed by atoms with Gasteiger partial charge in [-0.25, -0.2) is 9.97 Å². The van der Waals surface area contributed by atoms with Crippen LogP contribution in [0.15, 0.2) is 30.9 Å². The molecule has 5 heterocycles. The van der Waals surface area contributed by atoms with E-state index >= 15 is 0 Å². The normalized spacial score (nSPS) is 13.5. The first-order chi connectivity index (χ1) is 11.4. The van der Waals surface area contributed by atoms with Crippen molar-refractivity contribution in [1.82, 2.24) is 35.9 Å². The Bertz CT molecular complexity index is 942. The van der Waals surface area contributed by atoms with Gasteiger partial charge in [-0.1, -0.05) is 0 Å². The molecule has 1 aliphatic heterocycles. The molecule has 0 fully saturated rings. The van der Waals surface area contributed by atoms with Crippen molar-refractivity contribution in [3.63, 3.8) is 0 Å². The molecule has 4 N–H and O–H groups in total. The lowest BCUT2D eigenvalue weighted by atomic mass is 10.3. The first kappa shape index (κ1) is 12.6. The second-order valence-corrected chi connectivity index (χ2v) is 6.27. The number of nitrogens with one attached hydrogen (secondary N) is 4. The number of aromatic amines is 2.